The first kappa shape index (κ1) is 10.5. The molecule has 1 fully saturated rings. The molecule has 1 aliphatic rings. The molecule has 0 aromatic rings. The number of carbonyl (C=O) groups is 1. The molecule has 0 aromatic heterocycles. The topological polar surface area (TPSA) is 49.3 Å². The van der Waals surface area contributed by atoms with Gasteiger partial charge in [-0.1, -0.05) is 0 Å². The summed E-state index contributed by atoms with van der Waals surface area (Å²) in [6.45, 7) is 5.22. The first-order valence-electron chi connectivity index (χ1n) is 4.89. The van der Waals surface area contributed by atoms with Crippen molar-refractivity contribution in [2.45, 2.75) is 51.7 Å². The fraction of sp³-hybridized carbons (Fsp3) is 0.900. The minimum absolute atomic E-state index is 0.0291. The lowest BCUT2D eigenvalue weighted by molar-refractivity contribution is -0.119. The van der Waals surface area contributed by atoms with Gasteiger partial charge in [-0.3, -0.25) is 4.79 Å². The maximum atomic E-state index is 10.8. The van der Waals surface area contributed by atoms with Crippen LogP contribution in [0.2, 0.25) is 0 Å². The van der Waals surface area contributed by atoms with E-state index in [1.165, 1.54) is 6.92 Å². The minimum Gasteiger partial charge on any atom is -0.390 e. The Morgan fingerprint density at radius 1 is 1.46 bits per heavy atom. The van der Waals surface area contributed by atoms with Gasteiger partial charge in [0.05, 0.1) is 5.60 Å². The number of rotatable bonds is 2. The van der Waals surface area contributed by atoms with Crippen LogP contribution in [0.1, 0.15) is 40.0 Å². The first-order chi connectivity index (χ1) is 5.89. The van der Waals surface area contributed by atoms with Crippen LogP contribution >= 0.6 is 0 Å². The van der Waals surface area contributed by atoms with Crippen molar-refractivity contribution in [3.63, 3.8) is 0 Å². The van der Waals surface area contributed by atoms with Crippen molar-refractivity contribution >= 4 is 5.91 Å². The summed E-state index contributed by atoms with van der Waals surface area (Å²) in [5.41, 5.74) is -0.604. The summed E-state index contributed by atoms with van der Waals surface area (Å²) in [6.07, 6.45) is 2.91. The molecule has 2 atom stereocenters. The van der Waals surface area contributed by atoms with E-state index >= 15 is 0 Å². The second-order valence-corrected chi connectivity index (χ2v) is 4.56. The normalized spacial score (nSPS) is 28.9. The Balaban J connectivity index is 2.41. The molecule has 2 N–H and O–H groups in total. The van der Waals surface area contributed by atoms with Crippen LogP contribution in [0.15, 0.2) is 0 Å². The lowest BCUT2D eigenvalue weighted by Crippen LogP contribution is -2.34. The monoisotopic (exact) mass is 185 g/mol. The third kappa shape index (κ3) is 2.99. The van der Waals surface area contributed by atoms with Crippen LogP contribution in [0.3, 0.4) is 0 Å². The molecule has 3 heteroatoms. The number of aliphatic hydroxyl groups is 1. The van der Waals surface area contributed by atoms with Crippen LogP contribution in [-0.2, 0) is 4.79 Å². The average molecular weight is 185 g/mol. The van der Waals surface area contributed by atoms with Crippen LogP contribution in [-0.4, -0.2) is 22.7 Å². The summed E-state index contributed by atoms with van der Waals surface area (Å²) in [4.78, 5) is 10.8. The summed E-state index contributed by atoms with van der Waals surface area (Å²) in [5, 5.41) is 12.7. The molecule has 0 aliphatic heterocycles. The van der Waals surface area contributed by atoms with Gasteiger partial charge in [-0.25, -0.2) is 0 Å². The van der Waals surface area contributed by atoms with Crippen molar-refractivity contribution in [1.29, 1.82) is 0 Å². The smallest absolute Gasteiger partial charge is 0.217 e. The molecule has 0 heterocycles. The first-order valence-corrected chi connectivity index (χ1v) is 4.89. The lowest BCUT2D eigenvalue weighted by atomic mass is 9.89. The summed E-state index contributed by atoms with van der Waals surface area (Å²) < 4.78 is 0. The van der Waals surface area contributed by atoms with Crippen LogP contribution in [0.5, 0.6) is 0 Å². The second kappa shape index (κ2) is 3.66. The molecule has 1 aliphatic carbocycles. The van der Waals surface area contributed by atoms with Crippen LogP contribution in [0, 0.1) is 5.92 Å². The third-order valence-corrected chi connectivity index (χ3v) is 2.84. The van der Waals surface area contributed by atoms with Gasteiger partial charge >= 0.3 is 0 Å². The van der Waals surface area contributed by atoms with Crippen LogP contribution < -0.4 is 5.32 Å². The number of amides is 1. The number of nitrogens with one attached hydrogen (secondary N) is 1. The molecule has 0 saturated heterocycles. The van der Waals surface area contributed by atoms with Crippen molar-refractivity contribution in [2.75, 3.05) is 0 Å². The van der Waals surface area contributed by atoms with E-state index in [1.807, 2.05) is 13.8 Å². The highest BCUT2D eigenvalue weighted by Crippen LogP contribution is 2.33. The van der Waals surface area contributed by atoms with Gasteiger partial charge in [-0.15, -0.1) is 0 Å². The molecule has 0 radical (unpaired) electrons. The van der Waals surface area contributed by atoms with E-state index in [9.17, 15) is 9.90 Å². The van der Waals surface area contributed by atoms with Gasteiger partial charge in [0.25, 0.3) is 0 Å². The molecule has 0 aromatic carbocycles. The van der Waals surface area contributed by atoms with Gasteiger partial charge in [-0.2, -0.15) is 0 Å². The predicted octanol–water partition coefficient (Wildman–Crippen LogP) is 1.06. The minimum atomic E-state index is -0.604. The molecule has 3 nitrogen and oxygen atoms in total. The van der Waals surface area contributed by atoms with Gasteiger partial charge in [0.2, 0.25) is 5.91 Å². The second-order valence-electron chi connectivity index (χ2n) is 4.56. The molecule has 1 saturated carbocycles. The fourth-order valence-corrected chi connectivity index (χ4v) is 2.04. The molecule has 1 amide bonds. The van der Waals surface area contributed by atoms with Crippen LogP contribution in [0.25, 0.3) is 0 Å². The summed E-state index contributed by atoms with van der Waals surface area (Å²) >= 11 is 0. The highest BCUT2D eigenvalue weighted by molar-refractivity contribution is 5.73. The molecule has 13 heavy (non-hydrogen) atoms. The van der Waals surface area contributed by atoms with E-state index < -0.39 is 5.60 Å². The number of hydrogen-bond acceptors (Lipinski definition) is 2. The van der Waals surface area contributed by atoms with Crippen LogP contribution in [0.4, 0.5) is 0 Å². The van der Waals surface area contributed by atoms with Crippen molar-refractivity contribution in [2.24, 2.45) is 5.92 Å². The largest absolute Gasteiger partial charge is 0.390 e. The zero-order chi connectivity index (χ0) is 10.1. The van der Waals surface area contributed by atoms with Crippen molar-refractivity contribution in [3.8, 4) is 0 Å². The molecule has 76 valence electrons. The van der Waals surface area contributed by atoms with Gasteiger partial charge < -0.3 is 10.4 Å². The molecule has 0 bridgehead atoms. The van der Waals surface area contributed by atoms with E-state index in [0.29, 0.717) is 5.92 Å². The Morgan fingerprint density at radius 2 is 2.08 bits per heavy atom. The summed E-state index contributed by atoms with van der Waals surface area (Å²) in [5.74, 6) is 0.353. The Bertz CT molecular complexity index is 196. The number of carbonyl (C=O) groups excluding carboxylic acids is 1. The van der Waals surface area contributed by atoms with E-state index in [0.717, 1.165) is 19.3 Å². The third-order valence-electron chi connectivity index (χ3n) is 2.84. The maximum Gasteiger partial charge on any atom is 0.217 e. The van der Waals surface area contributed by atoms with E-state index in [2.05, 4.69) is 5.32 Å². The average Bonchev–Trinajstić information content (AvgIpc) is 2.32. The molecule has 1 rings (SSSR count). The lowest BCUT2D eigenvalue weighted by Gasteiger charge is -2.25. The number of hydrogen-bond donors (Lipinski definition) is 2. The van der Waals surface area contributed by atoms with Gasteiger partial charge in [0.1, 0.15) is 0 Å². The van der Waals surface area contributed by atoms with Crippen molar-refractivity contribution in [3.05, 3.63) is 0 Å². The summed E-state index contributed by atoms with van der Waals surface area (Å²) in [6, 6.07) is 0.272. The van der Waals surface area contributed by atoms with Crippen molar-refractivity contribution in [1.82, 2.24) is 5.32 Å². The molecule has 0 spiro atoms. The fourth-order valence-electron chi connectivity index (χ4n) is 2.04. The molecular formula is C10H19NO2. The van der Waals surface area contributed by atoms with E-state index in [1.54, 1.807) is 0 Å². The zero-order valence-corrected chi connectivity index (χ0v) is 8.63. The van der Waals surface area contributed by atoms with Gasteiger partial charge in [0.15, 0.2) is 0 Å². The Morgan fingerprint density at radius 3 is 2.46 bits per heavy atom. The van der Waals surface area contributed by atoms with Gasteiger partial charge in [-0.05, 0) is 39.0 Å². The van der Waals surface area contributed by atoms with Crippen molar-refractivity contribution < 1.29 is 9.90 Å². The summed E-state index contributed by atoms with van der Waals surface area (Å²) in [7, 11) is 0. The maximum absolute atomic E-state index is 10.8. The highest BCUT2D eigenvalue weighted by Gasteiger charge is 2.34. The van der Waals surface area contributed by atoms with E-state index in [-0.39, 0.29) is 11.9 Å². The molecular weight excluding hydrogens is 166 g/mol. The Hall–Kier alpha value is -0.570. The SMILES string of the molecule is CC(=O)NC1CCC(C(C)(C)O)C1. The molecule has 2 unspecified atom stereocenters. The zero-order valence-electron chi connectivity index (χ0n) is 8.63. The Kier molecular flexibility index (Phi) is 2.96. The van der Waals surface area contributed by atoms with Gasteiger partial charge in [0, 0.05) is 13.0 Å². The predicted molar refractivity (Wildman–Crippen MR) is 51.2 cm³/mol. The Labute approximate surface area is 79.5 Å². The quantitative estimate of drug-likeness (QED) is 0.676. The van der Waals surface area contributed by atoms with E-state index in [4.69, 9.17) is 0 Å². The highest BCUT2D eigenvalue weighted by atomic mass is 16.3. The standard InChI is InChI=1S/C10H19NO2/c1-7(12)11-9-5-4-8(6-9)10(2,3)13/h8-9,13H,4-6H2,1-3H3,(H,11,12).